The lowest BCUT2D eigenvalue weighted by molar-refractivity contribution is 0.381. The van der Waals surface area contributed by atoms with Gasteiger partial charge in [0.2, 0.25) is 0 Å². The van der Waals surface area contributed by atoms with Crippen molar-refractivity contribution in [2.24, 2.45) is 0 Å². The minimum absolute atomic E-state index is 0.122. The van der Waals surface area contributed by atoms with Crippen molar-refractivity contribution in [3.05, 3.63) is 59.0 Å². The summed E-state index contributed by atoms with van der Waals surface area (Å²) in [7, 11) is 0. The summed E-state index contributed by atoms with van der Waals surface area (Å²) >= 11 is 6.08. The molecule has 4 nitrogen and oxygen atoms in total. The largest absolute Gasteiger partial charge is 0.469 e. The van der Waals surface area contributed by atoms with Crippen LogP contribution in [0.25, 0.3) is 11.1 Å². The standard InChI is InChI=1S/C15H12ClFN2O2/c16-10-4-1-5-11(17)13(10)14-12(21-19-15(14)18)7-6-9-3-2-8-20-9/h1-5,8H,6-7H2,(H2,18,19). The van der Waals surface area contributed by atoms with E-state index in [1.54, 1.807) is 18.4 Å². The monoisotopic (exact) mass is 306 g/mol. The molecule has 2 heterocycles. The van der Waals surface area contributed by atoms with E-state index in [0.717, 1.165) is 5.76 Å². The Balaban J connectivity index is 1.97. The normalized spacial score (nSPS) is 11.0. The maximum Gasteiger partial charge on any atom is 0.175 e. The minimum atomic E-state index is -0.461. The van der Waals surface area contributed by atoms with E-state index < -0.39 is 5.82 Å². The fraction of sp³-hybridized carbons (Fsp3) is 0.133. The van der Waals surface area contributed by atoms with Crippen molar-refractivity contribution in [1.29, 1.82) is 0 Å². The van der Waals surface area contributed by atoms with Crippen molar-refractivity contribution in [2.75, 3.05) is 5.73 Å². The van der Waals surface area contributed by atoms with Crippen LogP contribution in [0.2, 0.25) is 5.02 Å². The molecule has 6 heteroatoms. The molecular weight excluding hydrogens is 295 g/mol. The second-order valence-electron chi connectivity index (χ2n) is 4.54. The molecule has 0 saturated carbocycles. The number of hydrogen-bond donors (Lipinski definition) is 1. The summed E-state index contributed by atoms with van der Waals surface area (Å²) in [6, 6.07) is 8.12. The van der Waals surface area contributed by atoms with Crippen molar-refractivity contribution in [2.45, 2.75) is 12.8 Å². The summed E-state index contributed by atoms with van der Waals surface area (Å²) in [5, 5.41) is 3.99. The molecule has 0 fully saturated rings. The lowest BCUT2D eigenvalue weighted by Crippen LogP contribution is -1.96. The van der Waals surface area contributed by atoms with E-state index in [0.29, 0.717) is 24.2 Å². The molecule has 0 saturated heterocycles. The second kappa shape index (κ2) is 5.61. The molecule has 0 spiro atoms. The van der Waals surface area contributed by atoms with Crippen LogP contribution in [0.1, 0.15) is 11.5 Å². The average Bonchev–Trinajstić information content (AvgIpc) is 3.08. The number of hydrogen-bond acceptors (Lipinski definition) is 4. The summed E-state index contributed by atoms with van der Waals surface area (Å²) in [5.41, 5.74) is 6.43. The van der Waals surface area contributed by atoms with Gasteiger partial charge in [0.15, 0.2) is 5.82 Å². The van der Waals surface area contributed by atoms with Gasteiger partial charge in [0.1, 0.15) is 17.3 Å². The number of rotatable bonds is 4. The Hall–Kier alpha value is -2.27. The Kier molecular flexibility index (Phi) is 3.66. The third kappa shape index (κ3) is 2.64. The molecule has 0 aliphatic heterocycles. The number of nitrogens with two attached hydrogens (primary N) is 1. The fourth-order valence-electron chi connectivity index (χ4n) is 2.20. The van der Waals surface area contributed by atoms with Gasteiger partial charge in [-0.2, -0.15) is 0 Å². The summed E-state index contributed by atoms with van der Waals surface area (Å²) in [6.45, 7) is 0. The minimum Gasteiger partial charge on any atom is -0.469 e. The van der Waals surface area contributed by atoms with E-state index in [9.17, 15) is 4.39 Å². The van der Waals surface area contributed by atoms with Gasteiger partial charge in [-0.3, -0.25) is 0 Å². The fourth-order valence-corrected chi connectivity index (χ4v) is 2.46. The van der Waals surface area contributed by atoms with Crippen LogP contribution >= 0.6 is 11.6 Å². The number of benzene rings is 1. The highest BCUT2D eigenvalue weighted by atomic mass is 35.5. The van der Waals surface area contributed by atoms with E-state index in [1.807, 2.05) is 6.07 Å². The van der Waals surface area contributed by atoms with Crippen LogP contribution in [-0.4, -0.2) is 5.16 Å². The summed E-state index contributed by atoms with van der Waals surface area (Å²) in [5.74, 6) is 0.944. The molecule has 2 N–H and O–H groups in total. The predicted molar refractivity (Wildman–Crippen MR) is 77.4 cm³/mol. The average molecular weight is 307 g/mol. The zero-order chi connectivity index (χ0) is 14.8. The van der Waals surface area contributed by atoms with Crippen LogP contribution < -0.4 is 5.73 Å². The van der Waals surface area contributed by atoms with E-state index in [2.05, 4.69) is 5.16 Å². The second-order valence-corrected chi connectivity index (χ2v) is 4.95. The predicted octanol–water partition coefficient (Wildman–Crippen LogP) is 4.09. The molecule has 0 amide bonds. The van der Waals surface area contributed by atoms with E-state index in [1.165, 1.54) is 12.1 Å². The zero-order valence-corrected chi connectivity index (χ0v) is 11.7. The zero-order valence-electron chi connectivity index (χ0n) is 11.0. The molecule has 108 valence electrons. The highest BCUT2D eigenvalue weighted by Crippen LogP contribution is 2.37. The lowest BCUT2D eigenvalue weighted by atomic mass is 10.0. The Morgan fingerprint density at radius 2 is 2.00 bits per heavy atom. The quantitative estimate of drug-likeness (QED) is 0.788. The van der Waals surface area contributed by atoms with Crippen LogP contribution in [0.5, 0.6) is 0 Å². The molecule has 0 unspecified atom stereocenters. The maximum atomic E-state index is 14.1. The highest BCUT2D eigenvalue weighted by Gasteiger charge is 2.21. The van der Waals surface area contributed by atoms with Gasteiger partial charge in [-0.1, -0.05) is 22.8 Å². The number of halogens is 2. The van der Waals surface area contributed by atoms with Gasteiger partial charge in [-0.05, 0) is 24.3 Å². The summed E-state index contributed by atoms with van der Waals surface area (Å²) in [4.78, 5) is 0. The number of aryl methyl sites for hydroxylation is 2. The van der Waals surface area contributed by atoms with Gasteiger partial charge >= 0.3 is 0 Å². The van der Waals surface area contributed by atoms with Crippen molar-refractivity contribution in [3.63, 3.8) is 0 Å². The highest BCUT2D eigenvalue weighted by molar-refractivity contribution is 6.33. The van der Waals surface area contributed by atoms with Gasteiger partial charge in [0.05, 0.1) is 16.8 Å². The summed E-state index contributed by atoms with van der Waals surface area (Å²) < 4.78 is 24.5. The smallest absolute Gasteiger partial charge is 0.175 e. The number of nitrogens with zero attached hydrogens (tertiary/aromatic N) is 1. The molecule has 0 atom stereocenters. The first kappa shape index (κ1) is 13.7. The number of nitrogen functional groups attached to an aromatic ring is 1. The van der Waals surface area contributed by atoms with Crippen LogP contribution in [0.4, 0.5) is 10.2 Å². The topological polar surface area (TPSA) is 65.2 Å². The van der Waals surface area contributed by atoms with Gasteiger partial charge in [0.25, 0.3) is 0 Å². The number of furan rings is 1. The van der Waals surface area contributed by atoms with Crippen LogP contribution in [0, 0.1) is 5.82 Å². The van der Waals surface area contributed by atoms with E-state index in [-0.39, 0.29) is 16.4 Å². The molecule has 3 aromatic rings. The first-order chi connectivity index (χ1) is 10.2. The van der Waals surface area contributed by atoms with Gasteiger partial charge in [0, 0.05) is 18.4 Å². The summed E-state index contributed by atoms with van der Waals surface area (Å²) in [6.07, 6.45) is 2.68. The van der Waals surface area contributed by atoms with Crippen LogP contribution in [-0.2, 0) is 12.8 Å². The molecule has 1 aromatic carbocycles. The molecule has 0 aliphatic carbocycles. The van der Waals surface area contributed by atoms with E-state index in [4.69, 9.17) is 26.3 Å². The van der Waals surface area contributed by atoms with Crippen molar-refractivity contribution in [1.82, 2.24) is 5.16 Å². The first-order valence-corrected chi connectivity index (χ1v) is 6.75. The molecule has 21 heavy (non-hydrogen) atoms. The van der Waals surface area contributed by atoms with Crippen molar-refractivity contribution < 1.29 is 13.3 Å². The van der Waals surface area contributed by atoms with Gasteiger partial charge in [-0.25, -0.2) is 4.39 Å². The Morgan fingerprint density at radius 1 is 1.14 bits per heavy atom. The first-order valence-electron chi connectivity index (χ1n) is 6.37. The lowest BCUT2D eigenvalue weighted by Gasteiger charge is -2.06. The Bertz CT molecular complexity index is 733. The maximum absolute atomic E-state index is 14.1. The third-order valence-corrected chi connectivity index (χ3v) is 3.50. The van der Waals surface area contributed by atoms with Gasteiger partial charge in [-0.15, -0.1) is 0 Å². The molecule has 2 aromatic heterocycles. The molecule has 0 aliphatic rings. The molecule has 3 rings (SSSR count). The van der Waals surface area contributed by atoms with E-state index >= 15 is 0 Å². The Labute approximate surface area is 125 Å². The molecular formula is C15H12ClFN2O2. The van der Waals surface area contributed by atoms with Crippen LogP contribution in [0.15, 0.2) is 45.5 Å². The molecule has 0 bridgehead atoms. The van der Waals surface area contributed by atoms with Crippen LogP contribution in [0.3, 0.4) is 0 Å². The SMILES string of the molecule is Nc1noc(CCc2ccco2)c1-c1c(F)cccc1Cl. The number of anilines is 1. The van der Waals surface area contributed by atoms with Crippen molar-refractivity contribution in [3.8, 4) is 11.1 Å². The van der Waals surface area contributed by atoms with Gasteiger partial charge < -0.3 is 14.7 Å². The third-order valence-electron chi connectivity index (χ3n) is 3.18. The number of aromatic nitrogens is 1. The molecule has 0 radical (unpaired) electrons. The Morgan fingerprint density at radius 3 is 2.71 bits per heavy atom. The van der Waals surface area contributed by atoms with Crippen molar-refractivity contribution >= 4 is 17.4 Å².